The van der Waals surface area contributed by atoms with Crippen molar-refractivity contribution in [3.8, 4) is 5.88 Å². The topological polar surface area (TPSA) is 84.3 Å². The molecule has 1 saturated heterocycles. The molecule has 0 unspecified atom stereocenters. The van der Waals surface area contributed by atoms with E-state index >= 15 is 0 Å². The lowest BCUT2D eigenvalue weighted by Crippen LogP contribution is -3.09. The molecule has 26 heavy (non-hydrogen) atoms. The highest BCUT2D eigenvalue weighted by Crippen LogP contribution is 2.38. The van der Waals surface area contributed by atoms with Gasteiger partial charge in [-0.2, -0.15) is 0 Å². The van der Waals surface area contributed by atoms with Crippen LogP contribution < -0.4 is 4.90 Å². The van der Waals surface area contributed by atoms with Crippen LogP contribution in [0.1, 0.15) is 23.2 Å². The molecule has 1 fully saturated rings. The Labute approximate surface area is 150 Å². The van der Waals surface area contributed by atoms with Crippen molar-refractivity contribution in [1.29, 1.82) is 0 Å². The molecule has 0 saturated carbocycles. The lowest BCUT2D eigenvalue weighted by Gasteiger charge is -2.14. The maximum atomic E-state index is 12.2. The number of likely N-dealkylation sites (tertiary alicyclic amines) is 1. The second-order valence-corrected chi connectivity index (χ2v) is 6.48. The molecule has 0 aliphatic carbocycles. The molecule has 1 aliphatic rings. The minimum absolute atomic E-state index is 0.0494. The predicted molar refractivity (Wildman–Crippen MR) is 96.6 cm³/mol. The molecule has 7 heteroatoms. The molecule has 2 aromatic heterocycles. The standard InChI is InChI=1S/C19H19N5O2/c25-18(14-6-5-9-20-12-14)22-21-17-15-7-1-2-8-16(15)24(19(17)26)13-23-10-3-4-11-23/h1-2,5-9,12,26H,3-4,10-11,13H2/p+1. The third-order valence-corrected chi connectivity index (χ3v) is 4.76. The predicted octanol–water partition coefficient (Wildman–Crippen LogP) is 2.30. The summed E-state index contributed by atoms with van der Waals surface area (Å²) in [7, 11) is 0. The molecule has 132 valence electrons. The molecule has 0 spiro atoms. The first-order valence-corrected chi connectivity index (χ1v) is 8.74. The highest BCUT2D eigenvalue weighted by atomic mass is 16.3. The Morgan fingerprint density at radius 2 is 2.00 bits per heavy atom. The van der Waals surface area contributed by atoms with Crippen molar-refractivity contribution in [3.63, 3.8) is 0 Å². The molecule has 0 bridgehead atoms. The fraction of sp³-hybridized carbons (Fsp3) is 0.263. The Kier molecular flexibility index (Phi) is 4.45. The van der Waals surface area contributed by atoms with Gasteiger partial charge in [0, 0.05) is 30.6 Å². The number of amides is 1. The number of aromatic hydroxyl groups is 1. The van der Waals surface area contributed by atoms with E-state index in [1.54, 1.807) is 18.3 Å². The van der Waals surface area contributed by atoms with Crippen LogP contribution in [0.2, 0.25) is 0 Å². The number of rotatable bonds is 4. The van der Waals surface area contributed by atoms with Crippen LogP contribution in [0.3, 0.4) is 0 Å². The zero-order valence-electron chi connectivity index (χ0n) is 14.3. The first-order chi connectivity index (χ1) is 12.7. The highest BCUT2D eigenvalue weighted by molar-refractivity contribution is 5.97. The van der Waals surface area contributed by atoms with Crippen LogP contribution in [-0.2, 0) is 6.67 Å². The van der Waals surface area contributed by atoms with E-state index in [1.807, 2.05) is 28.8 Å². The number of benzene rings is 1. The summed E-state index contributed by atoms with van der Waals surface area (Å²) >= 11 is 0. The summed E-state index contributed by atoms with van der Waals surface area (Å²) in [4.78, 5) is 17.5. The van der Waals surface area contributed by atoms with Crippen LogP contribution in [-0.4, -0.2) is 33.7 Å². The second-order valence-electron chi connectivity index (χ2n) is 6.48. The molecule has 7 nitrogen and oxygen atoms in total. The van der Waals surface area contributed by atoms with Crippen LogP contribution in [0.4, 0.5) is 5.69 Å². The number of fused-ring (bicyclic) bond motifs is 1. The van der Waals surface area contributed by atoms with Gasteiger partial charge < -0.3 is 10.0 Å². The maximum Gasteiger partial charge on any atom is 0.296 e. The summed E-state index contributed by atoms with van der Waals surface area (Å²) in [5.74, 6) is -0.437. The zero-order valence-corrected chi connectivity index (χ0v) is 14.3. The minimum Gasteiger partial charge on any atom is -0.493 e. The molecular weight excluding hydrogens is 330 g/mol. The lowest BCUT2D eigenvalue weighted by molar-refractivity contribution is -0.910. The number of aromatic nitrogens is 2. The zero-order chi connectivity index (χ0) is 17.9. The van der Waals surface area contributed by atoms with Gasteiger partial charge in [0.05, 0.1) is 24.2 Å². The number of carbonyl (C=O) groups is 1. The molecule has 3 heterocycles. The van der Waals surface area contributed by atoms with Gasteiger partial charge in [-0.05, 0) is 18.2 Å². The van der Waals surface area contributed by atoms with Crippen molar-refractivity contribution in [1.82, 2.24) is 9.55 Å². The first kappa shape index (κ1) is 16.4. The van der Waals surface area contributed by atoms with Gasteiger partial charge >= 0.3 is 0 Å². The number of hydrogen-bond acceptors (Lipinski definition) is 4. The lowest BCUT2D eigenvalue weighted by atomic mass is 10.2. The van der Waals surface area contributed by atoms with E-state index < -0.39 is 5.91 Å². The summed E-state index contributed by atoms with van der Waals surface area (Å²) in [6.07, 6.45) is 5.46. The van der Waals surface area contributed by atoms with Crippen molar-refractivity contribution in [2.24, 2.45) is 10.2 Å². The molecule has 1 amide bonds. The van der Waals surface area contributed by atoms with Crippen molar-refractivity contribution in [3.05, 3.63) is 54.4 Å². The van der Waals surface area contributed by atoms with Crippen LogP contribution in [0.25, 0.3) is 10.9 Å². The van der Waals surface area contributed by atoms with Crippen LogP contribution >= 0.6 is 0 Å². The molecule has 4 rings (SSSR count). The summed E-state index contributed by atoms with van der Waals surface area (Å²) < 4.78 is 1.86. The van der Waals surface area contributed by atoms with Crippen molar-refractivity contribution in [2.75, 3.05) is 13.1 Å². The van der Waals surface area contributed by atoms with Crippen LogP contribution in [0.5, 0.6) is 5.88 Å². The van der Waals surface area contributed by atoms with E-state index in [9.17, 15) is 9.90 Å². The van der Waals surface area contributed by atoms with E-state index in [4.69, 9.17) is 0 Å². The van der Waals surface area contributed by atoms with E-state index in [2.05, 4.69) is 15.2 Å². The van der Waals surface area contributed by atoms with E-state index in [0.717, 1.165) is 24.0 Å². The van der Waals surface area contributed by atoms with Crippen LogP contribution in [0.15, 0.2) is 59.0 Å². The van der Waals surface area contributed by atoms with Crippen molar-refractivity contribution >= 4 is 22.5 Å². The third-order valence-electron chi connectivity index (χ3n) is 4.76. The Morgan fingerprint density at radius 1 is 1.19 bits per heavy atom. The summed E-state index contributed by atoms with van der Waals surface area (Å²) in [5, 5.41) is 19.4. The molecule has 2 N–H and O–H groups in total. The number of hydrogen-bond donors (Lipinski definition) is 2. The maximum absolute atomic E-state index is 12.2. The van der Waals surface area contributed by atoms with Crippen molar-refractivity contribution < 1.29 is 14.8 Å². The smallest absolute Gasteiger partial charge is 0.296 e. The molecular formula is C19H20N5O2+. The fourth-order valence-corrected chi connectivity index (χ4v) is 3.43. The number of nitrogens with one attached hydrogen (secondary N) is 1. The van der Waals surface area contributed by atoms with E-state index in [-0.39, 0.29) is 5.88 Å². The Bertz CT molecular complexity index is 959. The Balaban J connectivity index is 1.69. The molecule has 1 aliphatic heterocycles. The van der Waals surface area contributed by atoms with Gasteiger partial charge in [0.2, 0.25) is 5.88 Å². The number of para-hydroxylation sites is 1. The molecule has 1 aromatic carbocycles. The summed E-state index contributed by atoms with van der Waals surface area (Å²) in [6, 6.07) is 11.0. The van der Waals surface area contributed by atoms with Crippen LogP contribution in [0, 0.1) is 0 Å². The van der Waals surface area contributed by atoms with Gasteiger partial charge in [-0.15, -0.1) is 10.2 Å². The number of pyridine rings is 1. The first-order valence-electron chi connectivity index (χ1n) is 8.74. The van der Waals surface area contributed by atoms with Gasteiger partial charge in [-0.25, -0.2) is 0 Å². The molecule has 0 atom stereocenters. The van der Waals surface area contributed by atoms with Gasteiger partial charge in [0.1, 0.15) is 0 Å². The minimum atomic E-state index is -0.487. The SMILES string of the molecule is O=C(N=Nc1c(O)n(C[NH+]2CCCC2)c2ccccc12)c1cccnc1. The Morgan fingerprint density at radius 3 is 2.77 bits per heavy atom. The van der Waals surface area contributed by atoms with E-state index in [0.29, 0.717) is 17.9 Å². The van der Waals surface area contributed by atoms with Gasteiger partial charge in [0.25, 0.3) is 5.91 Å². The number of quaternary nitrogens is 1. The summed E-state index contributed by atoms with van der Waals surface area (Å²) in [6.45, 7) is 2.88. The Hall–Kier alpha value is -3.06. The third kappa shape index (κ3) is 3.09. The molecule has 0 radical (unpaired) electrons. The largest absolute Gasteiger partial charge is 0.493 e. The number of carbonyl (C=O) groups excluding carboxylic acids is 1. The average molecular weight is 350 g/mol. The monoisotopic (exact) mass is 350 g/mol. The quantitative estimate of drug-likeness (QED) is 0.708. The van der Waals surface area contributed by atoms with E-state index in [1.165, 1.54) is 23.9 Å². The number of azo groups is 1. The fourth-order valence-electron chi connectivity index (χ4n) is 3.43. The van der Waals surface area contributed by atoms with Gasteiger partial charge in [-0.1, -0.05) is 18.2 Å². The van der Waals surface area contributed by atoms with Crippen molar-refractivity contribution in [2.45, 2.75) is 19.5 Å². The normalized spacial score (nSPS) is 15.2. The second kappa shape index (κ2) is 7.05. The average Bonchev–Trinajstić information content (AvgIpc) is 3.28. The highest BCUT2D eigenvalue weighted by Gasteiger charge is 2.22. The summed E-state index contributed by atoms with van der Waals surface area (Å²) in [5.41, 5.74) is 1.59. The number of nitrogens with zero attached hydrogens (tertiary/aromatic N) is 4. The molecule has 3 aromatic rings. The van der Waals surface area contributed by atoms with Gasteiger partial charge in [-0.3, -0.25) is 14.3 Å². The van der Waals surface area contributed by atoms with Gasteiger partial charge in [0.15, 0.2) is 12.4 Å².